The fourth-order valence-electron chi connectivity index (χ4n) is 2.77. The highest BCUT2D eigenvalue weighted by molar-refractivity contribution is 5.03. The molecular weight excluding hydrogens is 222 g/mol. The van der Waals surface area contributed by atoms with Crippen molar-refractivity contribution in [2.24, 2.45) is 0 Å². The zero-order valence-corrected chi connectivity index (χ0v) is 12.2. The molecule has 0 aromatic rings. The lowest BCUT2D eigenvalue weighted by molar-refractivity contribution is 0.235. The van der Waals surface area contributed by atoms with Gasteiger partial charge < -0.3 is 4.90 Å². The van der Waals surface area contributed by atoms with E-state index in [-0.39, 0.29) is 5.54 Å². The Kier molecular flexibility index (Phi) is 7.31. The van der Waals surface area contributed by atoms with Crippen LogP contribution in [0.1, 0.15) is 58.8 Å². The number of nitrogens with one attached hydrogen (secondary N) is 1. The Bertz CT molecular complexity index is 251. The Morgan fingerprint density at radius 1 is 1.17 bits per heavy atom. The molecule has 104 valence electrons. The molecule has 1 atom stereocenters. The molecule has 0 saturated carbocycles. The first-order valence-corrected chi connectivity index (χ1v) is 7.59. The van der Waals surface area contributed by atoms with E-state index in [0.717, 1.165) is 25.9 Å². The summed E-state index contributed by atoms with van der Waals surface area (Å²) in [4.78, 5) is 2.59. The fraction of sp³-hybridized carbons (Fsp3) is 0.933. The van der Waals surface area contributed by atoms with E-state index in [1.165, 1.54) is 45.2 Å². The van der Waals surface area contributed by atoms with Crippen molar-refractivity contribution in [2.45, 2.75) is 64.3 Å². The van der Waals surface area contributed by atoms with Gasteiger partial charge in [0, 0.05) is 0 Å². The number of nitriles is 1. The van der Waals surface area contributed by atoms with E-state index in [9.17, 15) is 5.26 Å². The van der Waals surface area contributed by atoms with Crippen LogP contribution in [0.3, 0.4) is 0 Å². The summed E-state index contributed by atoms with van der Waals surface area (Å²) in [7, 11) is 0. The minimum atomic E-state index is -0.336. The van der Waals surface area contributed by atoms with Crippen molar-refractivity contribution in [3.05, 3.63) is 0 Å². The van der Waals surface area contributed by atoms with Crippen LogP contribution in [0.15, 0.2) is 0 Å². The molecule has 0 bridgehead atoms. The first-order chi connectivity index (χ1) is 8.70. The second-order valence-electron chi connectivity index (χ2n) is 5.69. The van der Waals surface area contributed by atoms with Gasteiger partial charge in [0.15, 0.2) is 0 Å². The molecule has 0 aliphatic carbocycles. The lowest BCUT2D eigenvalue weighted by Crippen LogP contribution is -2.41. The van der Waals surface area contributed by atoms with E-state index in [4.69, 9.17) is 0 Å². The molecule has 0 radical (unpaired) electrons. The van der Waals surface area contributed by atoms with Crippen LogP contribution >= 0.6 is 0 Å². The zero-order chi connectivity index (χ0) is 13.3. The van der Waals surface area contributed by atoms with Gasteiger partial charge in [-0.15, -0.1) is 0 Å². The Balaban J connectivity index is 2.24. The van der Waals surface area contributed by atoms with E-state index < -0.39 is 0 Å². The predicted octanol–water partition coefficient (Wildman–Crippen LogP) is 2.92. The van der Waals surface area contributed by atoms with Crippen molar-refractivity contribution in [1.29, 1.82) is 5.26 Å². The van der Waals surface area contributed by atoms with Crippen LogP contribution < -0.4 is 5.32 Å². The monoisotopic (exact) mass is 251 g/mol. The Hall–Kier alpha value is -0.590. The molecule has 1 N–H and O–H groups in total. The second kappa shape index (κ2) is 8.50. The van der Waals surface area contributed by atoms with Gasteiger partial charge in [-0.25, -0.2) is 0 Å². The standard InChI is InChI=1S/C15H29N3/c1-3-17-15(2,14-16)10-9-13-18-11-7-5-4-6-8-12-18/h17H,3-13H2,1-2H3. The predicted molar refractivity (Wildman–Crippen MR) is 76.5 cm³/mol. The summed E-state index contributed by atoms with van der Waals surface area (Å²) in [5.41, 5.74) is -0.336. The highest BCUT2D eigenvalue weighted by atomic mass is 15.1. The van der Waals surface area contributed by atoms with E-state index >= 15 is 0 Å². The summed E-state index contributed by atoms with van der Waals surface area (Å²) in [5.74, 6) is 0. The average molecular weight is 251 g/mol. The van der Waals surface area contributed by atoms with Gasteiger partial charge in [0.1, 0.15) is 5.54 Å². The number of likely N-dealkylation sites (tertiary alicyclic amines) is 1. The maximum Gasteiger partial charge on any atom is 0.103 e. The minimum Gasteiger partial charge on any atom is -0.303 e. The van der Waals surface area contributed by atoms with Crippen LogP contribution in [0.2, 0.25) is 0 Å². The topological polar surface area (TPSA) is 39.1 Å². The summed E-state index contributed by atoms with van der Waals surface area (Å²) >= 11 is 0. The van der Waals surface area contributed by atoms with E-state index in [1.807, 2.05) is 6.92 Å². The smallest absolute Gasteiger partial charge is 0.103 e. The molecule has 0 amide bonds. The summed E-state index contributed by atoms with van der Waals surface area (Å²) in [6.45, 7) is 8.61. The van der Waals surface area contributed by atoms with Gasteiger partial charge in [0.05, 0.1) is 6.07 Å². The lowest BCUT2D eigenvalue weighted by atomic mass is 9.97. The number of nitrogens with zero attached hydrogens (tertiary/aromatic N) is 2. The van der Waals surface area contributed by atoms with Gasteiger partial charge in [-0.3, -0.25) is 5.32 Å². The summed E-state index contributed by atoms with van der Waals surface area (Å²) in [5, 5.41) is 12.5. The minimum absolute atomic E-state index is 0.336. The van der Waals surface area contributed by atoms with Gasteiger partial charge in [0.25, 0.3) is 0 Å². The van der Waals surface area contributed by atoms with E-state index in [1.54, 1.807) is 0 Å². The Morgan fingerprint density at radius 3 is 2.33 bits per heavy atom. The molecule has 0 aromatic carbocycles. The SMILES string of the molecule is CCNC(C)(C#N)CCCN1CCCCCCC1. The number of hydrogen-bond acceptors (Lipinski definition) is 3. The summed E-state index contributed by atoms with van der Waals surface area (Å²) < 4.78 is 0. The molecule has 1 aliphatic heterocycles. The molecule has 1 aliphatic rings. The van der Waals surface area contributed by atoms with Crippen molar-refractivity contribution in [3.63, 3.8) is 0 Å². The maximum absolute atomic E-state index is 9.21. The molecule has 3 nitrogen and oxygen atoms in total. The van der Waals surface area contributed by atoms with Crippen LogP contribution in [0, 0.1) is 11.3 Å². The molecule has 1 heterocycles. The van der Waals surface area contributed by atoms with E-state index in [2.05, 4.69) is 23.2 Å². The van der Waals surface area contributed by atoms with Crippen LogP contribution in [0.5, 0.6) is 0 Å². The second-order valence-corrected chi connectivity index (χ2v) is 5.69. The van der Waals surface area contributed by atoms with Gasteiger partial charge >= 0.3 is 0 Å². The van der Waals surface area contributed by atoms with Crippen LogP contribution in [0.4, 0.5) is 0 Å². The quantitative estimate of drug-likeness (QED) is 0.789. The summed E-state index contributed by atoms with van der Waals surface area (Å²) in [6.07, 6.45) is 8.98. The molecule has 1 unspecified atom stereocenters. The van der Waals surface area contributed by atoms with Crippen molar-refractivity contribution in [1.82, 2.24) is 10.2 Å². The normalized spacial score (nSPS) is 21.6. The van der Waals surface area contributed by atoms with Crippen LogP contribution in [-0.4, -0.2) is 36.6 Å². The third-order valence-electron chi connectivity index (χ3n) is 3.91. The van der Waals surface area contributed by atoms with Crippen molar-refractivity contribution < 1.29 is 0 Å². The molecule has 3 heteroatoms. The molecule has 1 rings (SSSR count). The lowest BCUT2D eigenvalue weighted by Gasteiger charge is -2.27. The maximum atomic E-state index is 9.21. The molecule has 0 aromatic heterocycles. The van der Waals surface area contributed by atoms with Gasteiger partial charge in [-0.2, -0.15) is 5.26 Å². The highest BCUT2D eigenvalue weighted by Crippen LogP contribution is 2.14. The van der Waals surface area contributed by atoms with Crippen molar-refractivity contribution in [2.75, 3.05) is 26.2 Å². The average Bonchev–Trinajstić information content (AvgIpc) is 2.32. The Labute approximate surface area is 113 Å². The molecular formula is C15H29N3. The third kappa shape index (κ3) is 5.84. The van der Waals surface area contributed by atoms with Gasteiger partial charge in [-0.05, 0) is 58.8 Å². The van der Waals surface area contributed by atoms with Gasteiger partial charge in [0.2, 0.25) is 0 Å². The summed E-state index contributed by atoms with van der Waals surface area (Å²) in [6, 6.07) is 2.41. The fourth-order valence-corrected chi connectivity index (χ4v) is 2.77. The first kappa shape index (κ1) is 15.5. The first-order valence-electron chi connectivity index (χ1n) is 7.59. The van der Waals surface area contributed by atoms with Crippen molar-refractivity contribution >= 4 is 0 Å². The third-order valence-corrected chi connectivity index (χ3v) is 3.91. The number of rotatable bonds is 6. The Morgan fingerprint density at radius 2 is 1.78 bits per heavy atom. The highest BCUT2D eigenvalue weighted by Gasteiger charge is 2.21. The molecule has 18 heavy (non-hydrogen) atoms. The largest absolute Gasteiger partial charge is 0.303 e. The van der Waals surface area contributed by atoms with Gasteiger partial charge in [-0.1, -0.05) is 26.2 Å². The number of hydrogen-bond donors (Lipinski definition) is 1. The molecule has 1 saturated heterocycles. The molecule has 0 spiro atoms. The van der Waals surface area contributed by atoms with Crippen molar-refractivity contribution in [3.8, 4) is 6.07 Å². The van der Waals surface area contributed by atoms with Crippen LogP contribution in [0.25, 0.3) is 0 Å². The van der Waals surface area contributed by atoms with E-state index in [0.29, 0.717) is 0 Å². The zero-order valence-electron chi connectivity index (χ0n) is 12.2. The van der Waals surface area contributed by atoms with Crippen LogP contribution in [-0.2, 0) is 0 Å². The molecule has 1 fully saturated rings.